The van der Waals surface area contributed by atoms with Crippen LogP contribution in [0, 0.1) is 0 Å². The Morgan fingerprint density at radius 1 is 1.29 bits per heavy atom. The first-order valence-corrected chi connectivity index (χ1v) is 5.63. The van der Waals surface area contributed by atoms with Crippen LogP contribution in [0.3, 0.4) is 0 Å². The van der Waals surface area contributed by atoms with Gasteiger partial charge in [0.2, 0.25) is 0 Å². The van der Waals surface area contributed by atoms with Crippen LogP contribution in [0.15, 0.2) is 30.3 Å². The fraction of sp³-hybridized carbons (Fsp3) is 0.462. The van der Waals surface area contributed by atoms with E-state index in [1.54, 1.807) is 18.7 Å². The van der Waals surface area contributed by atoms with Gasteiger partial charge in [0, 0.05) is 12.2 Å². The van der Waals surface area contributed by atoms with Crippen molar-refractivity contribution in [2.24, 2.45) is 0 Å². The second kappa shape index (κ2) is 5.68. The number of hydrogen-bond donors (Lipinski definition) is 2. The summed E-state index contributed by atoms with van der Waals surface area (Å²) in [5.74, 6) is -0.871. The Hall–Kier alpha value is -1.55. The molecule has 1 rings (SSSR count). The molecule has 0 radical (unpaired) electrons. The minimum Gasteiger partial charge on any atom is -0.480 e. The summed E-state index contributed by atoms with van der Waals surface area (Å²) in [5, 5.41) is 18.5. The van der Waals surface area contributed by atoms with Gasteiger partial charge in [-0.1, -0.05) is 18.2 Å². The summed E-state index contributed by atoms with van der Waals surface area (Å²) in [4.78, 5) is 12.6. The number of aliphatic hydroxyl groups is 1. The fourth-order valence-corrected chi connectivity index (χ4v) is 1.51. The zero-order valence-corrected chi connectivity index (χ0v) is 10.3. The molecule has 0 saturated carbocycles. The highest BCUT2D eigenvalue weighted by Gasteiger charge is 2.17. The van der Waals surface area contributed by atoms with Crippen molar-refractivity contribution in [1.82, 2.24) is 0 Å². The zero-order chi connectivity index (χ0) is 12.9. The Balaban J connectivity index is 2.71. The van der Waals surface area contributed by atoms with E-state index >= 15 is 0 Å². The number of anilines is 1. The molecule has 0 aliphatic heterocycles. The van der Waals surface area contributed by atoms with E-state index in [2.05, 4.69) is 0 Å². The number of carboxylic acids is 1. The SMILES string of the molecule is CC(C)(O)CCN(CC(=O)O)c1ccccc1. The van der Waals surface area contributed by atoms with Gasteiger partial charge in [0.1, 0.15) is 6.54 Å². The molecule has 94 valence electrons. The molecule has 0 aromatic heterocycles. The molecule has 1 aromatic carbocycles. The Labute approximate surface area is 101 Å². The third kappa shape index (κ3) is 5.36. The van der Waals surface area contributed by atoms with Gasteiger partial charge in [0.25, 0.3) is 0 Å². The van der Waals surface area contributed by atoms with E-state index in [0.29, 0.717) is 13.0 Å². The number of carboxylic acid groups (broad SMARTS) is 1. The molecule has 0 heterocycles. The Kier molecular flexibility index (Phi) is 4.52. The van der Waals surface area contributed by atoms with Gasteiger partial charge in [0.05, 0.1) is 5.60 Å². The lowest BCUT2D eigenvalue weighted by atomic mass is 10.1. The van der Waals surface area contributed by atoms with Crippen LogP contribution in [-0.4, -0.2) is 34.9 Å². The first-order valence-electron chi connectivity index (χ1n) is 5.63. The second-order valence-corrected chi connectivity index (χ2v) is 4.71. The van der Waals surface area contributed by atoms with Gasteiger partial charge in [-0.05, 0) is 32.4 Å². The highest BCUT2D eigenvalue weighted by Crippen LogP contribution is 2.16. The van der Waals surface area contributed by atoms with Crippen molar-refractivity contribution in [3.63, 3.8) is 0 Å². The van der Waals surface area contributed by atoms with E-state index < -0.39 is 11.6 Å². The van der Waals surface area contributed by atoms with Gasteiger partial charge in [-0.2, -0.15) is 0 Å². The van der Waals surface area contributed by atoms with Gasteiger partial charge >= 0.3 is 5.97 Å². The molecule has 4 nitrogen and oxygen atoms in total. The van der Waals surface area contributed by atoms with E-state index in [9.17, 15) is 9.90 Å². The number of aliphatic carboxylic acids is 1. The number of hydrogen-bond acceptors (Lipinski definition) is 3. The quantitative estimate of drug-likeness (QED) is 0.791. The van der Waals surface area contributed by atoms with Crippen LogP contribution in [0.1, 0.15) is 20.3 Å². The third-order valence-corrected chi connectivity index (χ3v) is 2.44. The van der Waals surface area contributed by atoms with E-state index in [4.69, 9.17) is 5.11 Å². The minimum atomic E-state index is -0.871. The van der Waals surface area contributed by atoms with Crippen LogP contribution in [0.4, 0.5) is 5.69 Å². The summed E-state index contributed by atoms with van der Waals surface area (Å²) in [6, 6.07) is 9.36. The largest absolute Gasteiger partial charge is 0.480 e. The molecule has 0 fully saturated rings. The number of benzene rings is 1. The Morgan fingerprint density at radius 2 is 1.88 bits per heavy atom. The molecule has 17 heavy (non-hydrogen) atoms. The molecule has 2 N–H and O–H groups in total. The Bertz CT molecular complexity index is 357. The van der Waals surface area contributed by atoms with Crippen molar-refractivity contribution in [3.05, 3.63) is 30.3 Å². The van der Waals surface area contributed by atoms with Gasteiger partial charge < -0.3 is 15.1 Å². The molecule has 0 aliphatic rings. The summed E-state index contributed by atoms with van der Waals surface area (Å²) < 4.78 is 0. The normalized spacial score (nSPS) is 11.2. The predicted molar refractivity (Wildman–Crippen MR) is 67.2 cm³/mol. The molecule has 0 saturated heterocycles. The molecule has 0 bridgehead atoms. The molecule has 0 aliphatic carbocycles. The maximum atomic E-state index is 10.8. The van der Waals surface area contributed by atoms with Gasteiger partial charge in [0.15, 0.2) is 0 Å². The lowest BCUT2D eigenvalue weighted by Gasteiger charge is -2.26. The smallest absolute Gasteiger partial charge is 0.323 e. The van der Waals surface area contributed by atoms with Crippen LogP contribution < -0.4 is 4.90 Å². The van der Waals surface area contributed by atoms with Crippen molar-refractivity contribution in [2.75, 3.05) is 18.0 Å². The highest BCUT2D eigenvalue weighted by molar-refractivity contribution is 5.73. The number of carbonyl (C=O) groups is 1. The molecular weight excluding hydrogens is 218 g/mol. The molecule has 0 amide bonds. The number of nitrogens with zero attached hydrogens (tertiary/aromatic N) is 1. The third-order valence-electron chi connectivity index (χ3n) is 2.44. The van der Waals surface area contributed by atoms with Crippen LogP contribution in [0.2, 0.25) is 0 Å². The molecule has 0 spiro atoms. The fourth-order valence-electron chi connectivity index (χ4n) is 1.51. The van der Waals surface area contributed by atoms with Crippen LogP contribution in [0.5, 0.6) is 0 Å². The van der Waals surface area contributed by atoms with Gasteiger partial charge in [-0.25, -0.2) is 0 Å². The zero-order valence-electron chi connectivity index (χ0n) is 10.3. The molecule has 1 aromatic rings. The molecule has 0 unspecified atom stereocenters. The van der Waals surface area contributed by atoms with Crippen molar-refractivity contribution in [2.45, 2.75) is 25.9 Å². The van der Waals surface area contributed by atoms with Gasteiger partial charge in [-0.3, -0.25) is 4.79 Å². The topological polar surface area (TPSA) is 60.8 Å². The van der Waals surface area contributed by atoms with Crippen LogP contribution in [0.25, 0.3) is 0 Å². The summed E-state index contributed by atoms with van der Waals surface area (Å²) in [5.41, 5.74) is 0.0741. The molecule has 0 atom stereocenters. The van der Waals surface area contributed by atoms with Crippen LogP contribution in [-0.2, 0) is 4.79 Å². The summed E-state index contributed by atoms with van der Waals surface area (Å²) in [7, 11) is 0. The molecular formula is C13H19NO3. The first kappa shape index (κ1) is 13.5. The van der Waals surface area contributed by atoms with Gasteiger partial charge in [-0.15, -0.1) is 0 Å². The van der Waals surface area contributed by atoms with E-state index in [-0.39, 0.29) is 6.54 Å². The van der Waals surface area contributed by atoms with E-state index in [1.165, 1.54) is 0 Å². The lowest BCUT2D eigenvalue weighted by Crippen LogP contribution is -2.34. The maximum Gasteiger partial charge on any atom is 0.323 e. The van der Waals surface area contributed by atoms with Crippen molar-refractivity contribution >= 4 is 11.7 Å². The first-order chi connectivity index (χ1) is 7.88. The van der Waals surface area contributed by atoms with Crippen LogP contribution >= 0.6 is 0 Å². The standard InChI is InChI=1S/C13H19NO3/c1-13(2,17)8-9-14(10-12(15)16)11-6-4-3-5-7-11/h3-7,17H,8-10H2,1-2H3,(H,15,16). The summed E-state index contributed by atoms with van der Waals surface area (Å²) in [6.45, 7) is 3.90. The summed E-state index contributed by atoms with van der Waals surface area (Å²) >= 11 is 0. The number of para-hydroxylation sites is 1. The van der Waals surface area contributed by atoms with Crippen molar-refractivity contribution in [1.29, 1.82) is 0 Å². The summed E-state index contributed by atoms with van der Waals surface area (Å²) in [6.07, 6.45) is 0.523. The van der Waals surface area contributed by atoms with Crippen molar-refractivity contribution in [3.8, 4) is 0 Å². The minimum absolute atomic E-state index is 0.0555. The second-order valence-electron chi connectivity index (χ2n) is 4.71. The molecule has 4 heteroatoms. The predicted octanol–water partition coefficient (Wildman–Crippen LogP) is 1.74. The number of rotatable bonds is 6. The average molecular weight is 237 g/mol. The average Bonchev–Trinajstić information content (AvgIpc) is 2.24. The monoisotopic (exact) mass is 237 g/mol. The van der Waals surface area contributed by atoms with Crippen molar-refractivity contribution < 1.29 is 15.0 Å². The maximum absolute atomic E-state index is 10.8. The van der Waals surface area contributed by atoms with E-state index in [1.807, 2.05) is 30.3 Å². The Morgan fingerprint density at radius 3 is 2.35 bits per heavy atom. The van der Waals surface area contributed by atoms with E-state index in [0.717, 1.165) is 5.69 Å². The lowest BCUT2D eigenvalue weighted by molar-refractivity contribution is -0.135. The highest BCUT2D eigenvalue weighted by atomic mass is 16.4.